The highest BCUT2D eigenvalue weighted by Crippen LogP contribution is 2.38. The van der Waals surface area contributed by atoms with Crippen LogP contribution in [0.25, 0.3) is 0 Å². The molecule has 2 amide bonds. The Morgan fingerprint density at radius 2 is 1.83 bits per heavy atom. The summed E-state index contributed by atoms with van der Waals surface area (Å²) in [6, 6.07) is 16.1. The number of fused-ring (bicyclic) bond motifs is 1. The second-order valence-electron chi connectivity index (χ2n) is 11.2. The SMILES string of the molecule is Cc1cccc(C(=O)N2CCC3(CCCCCc4ccccc4OC[C@H](CC(C)C)NC3=O)CC2)c1. The molecular formula is C31H42N2O3. The van der Waals surface area contributed by atoms with Crippen molar-refractivity contribution in [3.05, 3.63) is 65.2 Å². The molecule has 1 fully saturated rings. The van der Waals surface area contributed by atoms with E-state index in [9.17, 15) is 9.59 Å². The molecule has 1 N–H and O–H groups in total. The minimum atomic E-state index is -0.417. The number of carbonyl (C=O) groups is 2. The minimum Gasteiger partial charge on any atom is -0.491 e. The van der Waals surface area contributed by atoms with Crippen molar-refractivity contribution in [1.82, 2.24) is 10.2 Å². The van der Waals surface area contributed by atoms with Crippen LogP contribution in [-0.4, -0.2) is 42.5 Å². The van der Waals surface area contributed by atoms with E-state index in [1.54, 1.807) is 0 Å². The predicted octanol–water partition coefficient (Wildman–Crippen LogP) is 5.94. The van der Waals surface area contributed by atoms with Crippen molar-refractivity contribution in [3.8, 4) is 5.75 Å². The van der Waals surface area contributed by atoms with Gasteiger partial charge in [-0.25, -0.2) is 0 Å². The fourth-order valence-corrected chi connectivity index (χ4v) is 5.76. The molecule has 0 aliphatic carbocycles. The second-order valence-corrected chi connectivity index (χ2v) is 11.2. The Bertz CT molecular complexity index is 1040. The average Bonchev–Trinajstić information content (AvgIpc) is 2.87. The lowest BCUT2D eigenvalue weighted by molar-refractivity contribution is -0.135. The first-order valence-electron chi connectivity index (χ1n) is 13.7. The molecule has 0 unspecified atom stereocenters. The summed E-state index contributed by atoms with van der Waals surface area (Å²) in [5.41, 5.74) is 2.66. The molecule has 2 aromatic rings. The second kappa shape index (κ2) is 11.9. The highest BCUT2D eigenvalue weighted by Gasteiger charge is 2.42. The Hall–Kier alpha value is -2.82. The van der Waals surface area contributed by atoms with Gasteiger partial charge in [-0.05, 0) is 75.1 Å². The molecule has 0 saturated carbocycles. The van der Waals surface area contributed by atoms with E-state index in [2.05, 4.69) is 31.3 Å². The van der Waals surface area contributed by atoms with Crippen LogP contribution in [0.5, 0.6) is 5.75 Å². The molecule has 0 aromatic heterocycles. The van der Waals surface area contributed by atoms with Gasteiger partial charge in [-0.15, -0.1) is 0 Å². The number of ether oxygens (including phenoxy) is 1. The number of piperidine rings is 1. The van der Waals surface area contributed by atoms with Crippen molar-refractivity contribution < 1.29 is 14.3 Å². The van der Waals surface area contributed by atoms with E-state index in [0.29, 0.717) is 38.5 Å². The first-order chi connectivity index (χ1) is 17.4. The van der Waals surface area contributed by atoms with Crippen LogP contribution in [0.1, 0.15) is 80.3 Å². The van der Waals surface area contributed by atoms with E-state index in [1.807, 2.05) is 48.2 Å². The first-order valence-corrected chi connectivity index (χ1v) is 13.7. The minimum absolute atomic E-state index is 0.0323. The normalized spacial score (nSPS) is 20.9. The molecule has 2 heterocycles. The maximum atomic E-state index is 13.9. The Kier molecular flexibility index (Phi) is 8.71. The van der Waals surface area contributed by atoms with E-state index < -0.39 is 5.41 Å². The van der Waals surface area contributed by atoms with Crippen LogP contribution >= 0.6 is 0 Å². The summed E-state index contributed by atoms with van der Waals surface area (Å²) >= 11 is 0. The van der Waals surface area contributed by atoms with Gasteiger partial charge >= 0.3 is 0 Å². The average molecular weight is 491 g/mol. The molecule has 5 nitrogen and oxygen atoms in total. The molecule has 194 valence electrons. The predicted molar refractivity (Wildman–Crippen MR) is 144 cm³/mol. The number of nitrogens with one attached hydrogen (secondary N) is 1. The maximum Gasteiger partial charge on any atom is 0.253 e. The Labute approximate surface area is 216 Å². The van der Waals surface area contributed by atoms with Gasteiger partial charge in [-0.3, -0.25) is 9.59 Å². The monoisotopic (exact) mass is 490 g/mol. The van der Waals surface area contributed by atoms with E-state index >= 15 is 0 Å². The van der Waals surface area contributed by atoms with Crippen LogP contribution in [0.2, 0.25) is 0 Å². The van der Waals surface area contributed by atoms with E-state index in [-0.39, 0.29) is 17.9 Å². The number of amides is 2. The third-order valence-electron chi connectivity index (χ3n) is 7.86. The first kappa shape index (κ1) is 26.2. The van der Waals surface area contributed by atoms with Crippen LogP contribution in [0.15, 0.2) is 48.5 Å². The van der Waals surface area contributed by atoms with Crippen LogP contribution < -0.4 is 10.1 Å². The number of nitrogens with zero attached hydrogens (tertiary/aromatic N) is 1. The van der Waals surface area contributed by atoms with Gasteiger partial charge in [0.15, 0.2) is 0 Å². The van der Waals surface area contributed by atoms with E-state index in [4.69, 9.17) is 4.74 Å². The number of benzene rings is 2. The van der Waals surface area contributed by atoms with Crippen molar-refractivity contribution in [2.45, 2.75) is 78.2 Å². The van der Waals surface area contributed by atoms with Crippen LogP contribution in [0.3, 0.4) is 0 Å². The third-order valence-corrected chi connectivity index (χ3v) is 7.86. The van der Waals surface area contributed by atoms with E-state index in [0.717, 1.165) is 55.4 Å². The molecule has 2 aliphatic rings. The standard InChI is InChI=1S/C31H42N2O3/c1-23(2)20-27-22-36-28-14-7-6-12-25(28)11-5-4-8-15-31(30(35)32-27)16-18-33(19-17-31)29(34)26-13-9-10-24(3)21-26/h6-7,9-10,12-14,21,23,27H,4-5,8,11,15-20,22H2,1-3H3,(H,32,35)/t27-/m0/s1. The zero-order valence-electron chi connectivity index (χ0n) is 22.2. The fraction of sp³-hybridized carbons (Fsp3) is 0.548. The summed E-state index contributed by atoms with van der Waals surface area (Å²) in [5, 5.41) is 3.39. The molecule has 2 aliphatic heterocycles. The molecule has 4 rings (SSSR count). The Morgan fingerprint density at radius 3 is 2.58 bits per heavy atom. The van der Waals surface area contributed by atoms with Crippen molar-refractivity contribution in [1.29, 1.82) is 0 Å². The van der Waals surface area contributed by atoms with Gasteiger partial charge < -0.3 is 15.0 Å². The molecule has 36 heavy (non-hydrogen) atoms. The van der Waals surface area contributed by atoms with Gasteiger partial charge in [0.25, 0.3) is 5.91 Å². The van der Waals surface area contributed by atoms with Crippen LogP contribution in [-0.2, 0) is 11.2 Å². The number of likely N-dealkylation sites (tertiary alicyclic amines) is 1. The number of carbonyl (C=O) groups excluding carboxylic acids is 2. The summed E-state index contributed by atoms with van der Waals surface area (Å²) < 4.78 is 6.28. The summed E-state index contributed by atoms with van der Waals surface area (Å²) in [5.74, 6) is 1.61. The molecule has 0 bridgehead atoms. The highest BCUT2D eigenvalue weighted by molar-refractivity contribution is 5.94. The van der Waals surface area contributed by atoms with Crippen molar-refractivity contribution in [2.75, 3.05) is 19.7 Å². The number of aryl methyl sites for hydroxylation is 2. The topological polar surface area (TPSA) is 58.6 Å². The summed E-state index contributed by atoms with van der Waals surface area (Å²) in [6.07, 6.45) is 7.38. The van der Waals surface area contributed by atoms with Crippen LogP contribution in [0, 0.1) is 18.3 Å². The Balaban J connectivity index is 1.49. The lowest BCUT2D eigenvalue weighted by Crippen LogP contribution is -2.53. The lowest BCUT2D eigenvalue weighted by Gasteiger charge is -2.41. The maximum absolute atomic E-state index is 13.9. The molecule has 5 heteroatoms. The van der Waals surface area contributed by atoms with Gasteiger partial charge in [0, 0.05) is 18.7 Å². The number of hydrogen-bond acceptors (Lipinski definition) is 3. The van der Waals surface area contributed by atoms with Gasteiger partial charge in [0.05, 0.1) is 11.5 Å². The lowest BCUT2D eigenvalue weighted by atomic mass is 9.73. The van der Waals surface area contributed by atoms with Crippen molar-refractivity contribution >= 4 is 11.8 Å². The number of rotatable bonds is 3. The van der Waals surface area contributed by atoms with Crippen LogP contribution in [0.4, 0.5) is 0 Å². The molecule has 2 aromatic carbocycles. The third kappa shape index (κ3) is 6.48. The zero-order valence-corrected chi connectivity index (χ0v) is 22.2. The largest absolute Gasteiger partial charge is 0.491 e. The van der Waals surface area contributed by atoms with E-state index in [1.165, 1.54) is 5.56 Å². The number of hydrogen-bond donors (Lipinski definition) is 1. The quantitative estimate of drug-likeness (QED) is 0.579. The van der Waals surface area contributed by atoms with Gasteiger partial charge in [0.1, 0.15) is 12.4 Å². The molecule has 1 spiro atoms. The summed E-state index contributed by atoms with van der Waals surface area (Å²) in [6.45, 7) is 8.11. The summed E-state index contributed by atoms with van der Waals surface area (Å²) in [4.78, 5) is 28.9. The molecule has 0 radical (unpaired) electrons. The molecule has 1 atom stereocenters. The number of para-hydroxylation sites is 1. The van der Waals surface area contributed by atoms with Crippen molar-refractivity contribution in [3.63, 3.8) is 0 Å². The van der Waals surface area contributed by atoms with Gasteiger partial charge in [-0.2, -0.15) is 0 Å². The molecule has 1 saturated heterocycles. The fourth-order valence-electron chi connectivity index (χ4n) is 5.76. The zero-order chi connectivity index (χ0) is 25.5. The highest BCUT2D eigenvalue weighted by atomic mass is 16.5. The summed E-state index contributed by atoms with van der Waals surface area (Å²) in [7, 11) is 0. The van der Waals surface area contributed by atoms with Gasteiger partial charge in [-0.1, -0.05) is 62.6 Å². The van der Waals surface area contributed by atoms with Crippen molar-refractivity contribution in [2.24, 2.45) is 11.3 Å². The van der Waals surface area contributed by atoms with Gasteiger partial charge in [0.2, 0.25) is 5.91 Å². The Morgan fingerprint density at radius 1 is 1.06 bits per heavy atom. The smallest absolute Gasteiger partial charge is 0.253 e. The molecular weight excluding hydrogens is 448 g/mol.